The van der Waals surface area contributed by atoms with Gasteiger partial charge in [0.1, 0.15) is 5.82 Å². The number of halogens is 2. The van der Waals surface area contributed by atoms with Crippen molar-refractivity contribution in [1.29, 1.82) is 0 Å². The molecule has 2 N–H and O–H groups in total. The quantitative estimate of drug-likeness (QED) is 0.456. The summed E-state index contributed by atoms with van der Waals surface area (Å²) in [5, 5.41) is 23.6. The maximum atomic E-state index is 13.0. The second kappa shape index (κ2) is 6.81. The number of nitrogens with one attached hydrogen (secondary N) is 1. The molecule has 0 radical (unpaired) electrons. The van der Waals surface area contributed by atoms with Crippen LogP contribution < -0.4 is 5.32 Å². The Morgan fingerprint density at radius 1 is 1.29 bits per heavy atom. The predicted molar refractivity (Wildman–Crippen MR) is 85.7 cm³/mol. The van der Waals surface area contributed by atoms with Crippen LogP contribution in [-0.2, 0) is 0 Å². The fourth-order valence-corrected chi connectivity index (χ4v) is 2.44. The lowest BCUT2D eigenvalue weighted by molar-refractivity contribution is -0.384. The molecule has 21 heavy (non-hydrogen) atoms. The van der Waals surface area contributed by atoms with Crippen molar-refractivity contribution < 1.29 is 14.4 Å². The molecule has 0 aliphatic heterocycles. The normalized spacial score (nSPS) is 12.0. The molecule has 5 nitrogen and oxygen atoms in total. The number of benzene rings is 2. The van der Waals surface area contributed by atoms with Gasteiger partial charge in [0.05, 0.1) is 11.0 Å². The van der Waals surface area contributed by atoms with E-state index in [2.05, 4.69) is 5.32 Å². The molecule has 0 spiro atoms. The molecule has 0 heterocycles. The monoisotopic (exact) mass is 402 g/mol. The lowest BCUT2D eigenvalue weighted by atomic mass is 10.1. The van der Waals surface area contributed by atoms with E-state index in [4.69, 9.17) is 0 Å². The van der Waals surface area contributed by atoms with Crippen LogP contribution in [0.25, 0.3) is 0 Å². The van der Waals surface area contributed by atoms with Gasteiger partial charge < -0.3 is 10.4 Å². The summed E-state index contributed by atoms with van der Waals surface area (Å²) in [6.45, 7) is 0.222. The Balaban J connectivity index is 2.01. The van der Waals surface area contributed by atoms with Crippen LogP contribution >= 0.6 is 22.6 Å². The number of aliphatic hydroxyl groups excluding tert-OH is 1. The highest BCUT2D eigenvalue weighted by Crippen LogP contribution is 2.22. The Bertz CT molecular complexity index is 649. The molecule has 0 bridgehead atoms. The number of nitrogens with zero attached hydrogens (tertiary/aromatic N) is 1. The summed E-state index contributed by atoms with van der Waals surface area (Å²) in [6.07, 6.45) is -0.813. The Hall–Kier alpha value is -1.74. The molecule has 0 aliphatic rings. The van der Waals surface area contributed by atoms with E-state index >= 15 is 0 Å². The minimum Gasteiger partial charge on any atom is -0.387 e. The number of anilines is 1. The van der Waals surface area contributed by atoms with Crippen LogP contribution in [0, 0.1) is 19.5 Å². The van der Waals surface area contributed by atoms with Gasteiger partial charge in [-0.05, 0) is 58.5 Å². The zero-order valence-corrected chi connectivity index (χ0v) is 13.0. The van der Waals surface area contributed by atoms with Crippen molar-refractivity contribution in [3.8, 4) is 0 Å². The van der Waals surface area contributed by atoms with Crippen molar-refractivity contribution in [3.63, 3.8) is 0 Å². The smallest absolute Gasteiger partial charge is 0.269 e. The van der Waals surface area contributed by atoms with Gasteiger partial charge in [0.15, 0.2) is 0 Å². The zero-order valence-electron chi connectivity index (χ0n) is 10.8. The number of nitro groups is 1. The van der Waals surface area contributed by atoms with E-state index in [1.807, 2.05) is 22.6 Å². The van der Waals surface area contributed by atoms with Crippen LogP contribution in [0.1, 0.15) is 11.7 Å². The molecule has 2 aromatic carbocycles. The van der Waals surface area contributed by atoms with Crippen molar-refractivity contribution in [2.24, 2.45) is 0 Å². The van der Waals surface area contributed by atoms with Gasteiger partial charge in [-0.15, -0.1) is 0 Å². The summed E-state index contributed by atoms with van der Waals surface area (Å²) in [6, 6.07) is 10.0. The van der Waals surface area contributed by atoms with Crippen LogP contribution in [0.4, 0.5) is 15.8 Å². The Kier molecular flexibility index (Phi) is 5.07. The zero-order chi connectivity index (χ0) is 15.4. The fourth-order valence-electron chi connectivity index (χ4n) is 1.78. The predicted octanol–water partition coefficient (Wildman–Crippen LogP) is 3.48. The third kappa shape index (κ3) is 4.11. The minimum atomic E-state index is -0.813. The number of rotatable bonds is 5. The topological polar surface area (TPSA) is 75.4 Å². The fraction of sp³-hybridized carbons (Fsp3) is 0.143. The Morgan fingerprint density at radius 3 is 2.52 bits per heavy atom. The number of hydrogen-bond donors (Lipinski definition) is 2. The van der Waals surface area contributed by atoms with E-state index in [9.17, 15) is 19.6 Å². The van der Waals surface area contributed by atoms with Gasteiger partial charge in [-0.3, -0.25) is 10.1 Å². The maximum Gasteiger partial charge on any atom is 0.269 e. The Morgan fingerprint density at radius 2 is 1.95 bits per heavy atom. The third-order valence-corrected chi connectivity index (χ3v) is 3.80. The molecule has 2 rings (SSSR count). The van der Waals surface area contributed by atoms with Gasteiger partial charge in [-0.2, -0.15) is 0 Å². The molecule has 0 amide bonds. The Labute approximate surface area is 134 Å². The first-order valence-electron chi connectivity index (χ1n) is 6.08. The largest absolute Gasteiger partial charge is 0.387 e. The highest BCUT2D eigenvalue weighted by molar-refractivity contribution is 14.1. The molecular formula is C14H12FIN2O3. The van der Waals surface area contributed by atoms with Crippen LogP contribution in [0.5, 0.6) is 0 Å². The number of aliphatic hydroxyl groups is 1. The van der Waals surface area contributed by atoms with Crippen LogP contribution in [-0.4, -0.2) is 16.6 Å². The second-order valence-electron chi connectivity index (χ2n) is 4.37. The average Bonchev–Trinajstić information content (AvgIpc) is 2.46. The van der Waals surface area contributed by atoms with Gasteiger partial charge in [-0.25, -0.2) is 4.39 Å². The van der Waals surface area contributed by atoms with Crippen molar-refractivity contribution in [1.82, 2.24) is 0 Å². The van der Waals surface area contributed by atoms with Crippen molar-refractivity contribution >= 4 is 34.0 Å². The molecule has 1 unspecified atom stereocenters. The van der Waals surface area contributed by atoms with Crippen molar-refractivity contribution in [3.05, 3.63) is 67.5 Å². The minimum absolute atomic E-state index is 0.0213. The highest BCUT2D eigenvalue weighted by atomic mass is 127. The average molecular weight is 402 g/mol. The summed E-state index contributed by atoms with van der Waals surface area (Å²) < 4.78 is 13.7. The lowest BCUT2D eigenvalue weighted by Crippen LogP contribution is -2.12. The first-order chi connectivity index (χ1) is 9.97. The molecule has 0 aromatic heterocycles. The van der Waals surface area contributed by atoms with Crippen LogP contribution in [0.15, 0.2) is 42.5 Å². The molecule has 1 atom stereocenters. The molecule has 0 saturated carbocycles. The van der Waals surface area contributed by atoms with E-state index in [0.29, 0.717) is 9.13 Å². The van der Waals surface area contributed by atoms with Gasteiger partial charge in [0.2, 0.25) is 0 Å². The van der Waals surface area contributed by atoms with E-state index in [1.165, 1.54) is 36.4 Å². The van der Waals surface area contributed by atoms with Gasteiger partial charge >= 0.3 is 0 Å². The SMILES string of the molecule is O=[N+]([O-])c1ccc(C(O)CNc2ccc(F)cc2I)cc1. The van der Waals surface area contributed by atoms with E-state index in [0.717, 1.165) is 5.69 Å². The van der Waals surface area contributed by atoms with Crippen molar-refractivity contribution in [2.75, 3.05) is 11.9 Å². The van der Waals surface area contributed by atoms with E-state index in [-0.39, 0.29) is 18.0 Å². The summed E-state index contributed by atoms with van der Waals surface area (Å²) in [7, 11) is 0. The molecular weight excluding hydrogens is 390 g/mol. The first-order valence-corrected chi connectivity index (χ1v) is 7.16. The highest BCUT2D eigenvalue weighted by Gasteiger charge is 2.11. The summed E-state index contributed by atoms with van der Waals surface area (Å²) in [5.74, 6) is -0.319. The molecule has 7 heteroatoms. The van der Waals surface area contributed by atoms with Crippen LogP contribution in [0.3, 0.4) is 0 Å². The lowest BCUT2D eigenvalue weighted by Gasteiger charge is -2.14. The van der Waals surface area contributed by atoms with Gasteiger partial charge in [0, 0.05) is 27.9 Å². The van der Waals surface area contributed by atoms with Crippen molar-refractivity contribution in [2.45, 2.75) is 6.10 Å². The summed E-state index contributed by atoms with van der Waals surface area (Å²) in [4.78, 5) is 10.1. The molecule has 0 fully saturated rings. The molecule has 0 saturated heterocycles. The first kappa shape index (κ1) is 15.6. The van der Waals surface area contributed by atoms with Crippen LogP contribution in [0.2, 0.25) is 0 Å². The molecule has 0 aliphatic carbocycles. The second-order valence-corrected chi connectivity index (χ2v) is 5.53. The number of nitro benzene ring substituents is 1. The number of hydrogen-bond acceptors (Lipinski definition) is 4. The van der Waals surface area contributed by atoms with E-state index < -0.39 is 11.0 Å². The number of non-ortho nitro benzene ring substituents is 1. The summed E-state index contributed by atoms with van der Waals surface area (Å²) in [5.41, 5.74) is 1.27. The maximum absolute atomic E-state index is 13.0. The third-order valence-electron chi connectivity index (χ3n) is 2.91. The summed E-state index contributed by atoms with van der Waals surface area (Å²) >= 11 is 2.00. The van der Waals surface area contributed by atoms with Gasteiger partial charge in [-0.1, -0.05) is 0 Å². The standard InChI is InChI=1S/C14H12FIN2O3/c15-10-3-6-13(12(16)7-10)17-8-14(19)9-1-4-11(5-2-9)18(20)21/h1-7,14,17,19H,8H2. The van der Waals surface area contributed by atoms with E-state index in [1.54, 1.807) is 6.07 Å². The molecule has 2 aromatic rings. The van der Waals surface area contributed by atoms with Gasteiger partial charge in [0.25, 0.3) is 5.69 Å². The molecule has 110 valence electrons.